The van der Waals surface area contributed by atoms with Crippen molar-refractivity contribution in [2.75, 3.05) is 13.2 Å². The number of hydrogen-bond acceptors (Lipinski definition) is 5. The molecule has 0 unspecified atom stereocenters. The van der Waals surface area contributed by atoms with Crippen molar-refractivity contribution >= 4 is 29.2 Å². The summed E-state index contributed by atoms with van der Waals surface area (Å²) in [6, 6.07) is 7.11. The average Bonchev–Trinajstić information content (AvgIpc) is 2.38. The molecule has 0 aliphatic carbocycles. The van der Waals surface area contributed by atoms with Crippen molar-refractivity contribution in [2.45, 2.75) is 30.7 Å². The van der Waals surface area contributed by atoms with Crippen molar-refractivity contribution in [3.05, 3.63) is 29.8 Å². The summed E-state index contributed by atoms with van der Waals surface area (Å²) in [5.41, 5.74) is 1.04. The molecule has 1 aromatic carbocycles. The van der Waals surface area contributed by atoms with Crippen molar-refractivity contribution in [3.63, 3.8) is 0 Å². The fourth-order valence-electron chi connectivity index (χ4n) is 1.27. The van der Waals surface area contributed by atoms with Gasteiger partial charge in [0.2, 0.25) is 0 Å². The first-order valence-corrected chi connectivity index (χ1v) is 9.73. The monoisotopic (exact) mass is 342 g/mol. The molecule has 114 valence electrons. The van der Waals surface area contributed by atoms with Crippen LogP contribution in [0.15, 0.2) is 29.2 Å². The Morgan fingerprint density at radius 1 is 1.15 bits per heavy atom. The maximum atomic E-state index is 14.0. The van der Waals surface area contributed by atoms with E-state index in [1.54, 1.807) is 12.1 Å². The molecule has 0 atom stereocenters. The van der Waals surface area contributed by atoms with E-state index in [-0.39, 0.29) is 24.0 Å². The van der Waals surface area contributed by atoms with Crippen molar-refractivity contribution in [1.82, 2.24) is 0 Å². The number of aryl methyl sites for hydroxylation is 1. The van der Waals surface area contributed by atoms with Crippen LogP contribution in [0.4, 0.5) is 8.78 Å². The lowest BCUT2D eigenvalue weighted by Crippen LogP contribution is -2.15. The number of halogens is 2. The zero-order valence-electron chi connectivity index (χ0n) is 11.5. The average molecular weight is 342 g/mol. The Hall–Kier alpha value is -0.0700. The largest absolute Gasteiger partial charge is 0.411 e. The first-order chi connectivity index (χ1) is 9.34. The summed E-state index contributed by atoms with van der Waals surface area (Å²) < 4.78 is 49.5. The lowest BCUT2D eigenvalue weighted by molar-refractivity contribution is 0.113. The predicted molar refractivity (Wildman–Crippen MR) is 80.4 cm³/mol. The summed E-state index contributed by atoms with van der Waals surface area (Å²) in [6.45, 7) is 4.72. The highest BCUT2D eigenvalue weighted by molar-refractivity contribution is 8.78. The van der Waals surface area contributed by atoms with E-state index in [1.807, 2.05) is 19.1 Å². The lowest BCUT2D eigenvalue weighted by Gasteiger charge is -2.24. The van der Waals surface area contributed by atoms with Crippen molar-refractivity contribution < 1.29 is 22.4 Å². The zero-order valence-corrected chi connectivity index (χ0v) is 14.0. The lowest BCUT2D eigenvalue weighted by atomic mass is 10.2. The van der Waals surface area contributed by atoms with Gasteiger partial charge < -0.3 is 9.05 Å². The van der Waals surface area contributed by atoms with Gasteiger partial charge in [-0.1, -0.05) is 28.5 Å². The Labute approximate surface area is 125 Å². The first kappa shape index (κ1) is 18.0. The molecular formula is C12H17F2O3PS2. The molecule has 3 nitrogen and oxygen atoms in total. The molecule has 0 fully saturated rings. The summed E-state index contributed by atoms with van der Waals surface area (Å²) >= 11 is 0. The molecule has 0 spiro atoms. The molecule has 0 saturated heterocycles. The smallest absolute Gasteiger partial charge is 0.304 e. The highest BCUT2D eigenvalue weighted by atomic mass is 33.1. The van der Waals surface area contributed by atoms with Crippen molar-refractivity contribution in [3.8, 4) is 0 Å². The van der Waals surface area contributed by atoms with Crippen LogP contribution in [-0.4, -0.2) is 18.2 Å². The van der Waals surface area contributed by atoms with Gasteiger partial charge in [0.05, 0.1) is 13.2 Å². The number of alkyl halides is 2. The van der Waals surface area contributed by atoms with Gasteiger partial charge in [-0.15, -0.1) is 0 Å². The fourth-order valence-corrected chi connectivity index (χ4v) is 5.52. The predicted octanol–water partition coefficient (Wildman–Crippen LogP) is 5.55. The quantitative estimate of drug-likeness (QED) is 0.457. The van der Waals surface area contributed by atoms with Gasteiger partial charge in [0, 0.05) is 4.90 Å². The Morgan fingerprint density at radius 3 is 2.10 bits per heavy atom. The van der Waals surface area contributed by atoms with Crippen LogP contribution < -0.4 is 0 Å². The van der Waals surface area contributed by atoms with Crippen molar-refractivity contribution in [1.29, 1.82) is 0 Å². The van der Waals surface area contributed by atoms with Gasteiger partial charge >= 0.3 is 12.6 Å². The molecule has 0 aromatic heterocycles. The van der Waals surface area contributed by atoms with Gasteiger partial charge in [-0.3, -0.25) is 4.57 Å². The molecule has 0 heterocycles. The Bertz CT molecular complexity index is 458. The second-order valence-electron chi connectivity index (χ2n) is 3.80. The summed E-state index contributed by atoms with van der Waals surface area (Å²) in [5, 5.41) is 0. The minimum Gasteiger partial charge on any atom is -0.304 e. The van der Waals surface area contributed by atoms with Gasteiger partial charge in [-0.25, -0.2) is 0 Å². The molecule has 1 rings (SSSR count). The number of benzene rings is 1. The second kappa shape index (κ2) is 7.80. The molecule has 0 saturated carbocycles. The van der Waals surface area contributed by atoms with Gasteiger partial charge in [0.1, 0.15) is 0 Å². The van der Waals surface area contributed by atoms with Gasteiger partial charge in [0.15, 0.2) is 0 Å². The van der Waals surface area contributed by atoms with E-state index in [0.29, 0.717) is 4.90 Å². The highest BCUT2D eigenvalue weighted by Crippen LogP contribution is 2.69. The van der Waals surface area contributed by atoms with Crippen LogP contribution in [-0.2, 0) is 13.6 Å². The van der Waals surface area contributed by atoms with Gasteiger partial charge in [-0.2, -0.15) is 8.78 Å². The van der Waals surface area contributed by atoms with Crippen LogP contribution >= 0.6 is 29.2 Å². The van der Waals surface area contributed by atoms with E-state index < -0.39 is 12.6 Å². The summed E-state index contributed by atoms with van der Waals surface area (Å²) in [6.07, 6.45) is 0. The molecule has 0 bridgehead atoms. The maximum absolute atomic E-state index is 14.0. The third-order valence-electron chi connectivity index (χ3n) is 2.18. The normalized spacial score (nSPS) is 12.7. The molecule has 0 N–H and O–H groups in total. The van der Waals surface area contributed by atoms with Crippen LogP contribution in [0.5, 0.6) is 0 Å². The maximum Gasteiger partial charge on any atom is 0.411 e. The minimum atomic E-state index is -4.46. The molecule has 20 heavy (non-hydrogen) atoms. The molecule has 0 aliphatic rings. The van der Waals surface area contributed by atoms with Crippen LogP contribution in [0.1, 0.15) is 19.4 Å². The van der Waals surface area contributed by atoms with E-state index in [4.69, 9.17) is 9.05 Å². The third-order valence-corrected chi connectivity index (χ3v) is 7.53. The molecule has 0 amide bonds. The van der Waals surface area contributed by atoms with Gasteiger partial charge in [-0.05, 0) is 43.7 Å². The summed E-state index contributed by atoms with van der Waals surface area (Å²) in [4.78, 5) is -2.95. The Kier molecular flexibility index (Phi) is 7.01. The first-order valence-electron chi connectivity index (χ1n) is 6.04. The zero-order chi connectivity index (χ0) is 15.2. The molecule has 0 aliphatic heterocycles. The topological polar surface area (TPSA) is 35.5 Å². The fraction of sp³-hybridized carbons (Fsp3) is 0.500. The molecule has 1 aromatic rings. The molecular weight excluding hydrogens is 325 g/mol. The minimum absolute atomic E-state index is 0.0946. The standard InChI is InChI=1S/C12H17F2O3PS2/c1-4-16-18(15,17-5-2)12(13,14)20-19-11-8-6-10(3)7-9-11/h6-9H,4-5H2,1-3H3. The van der Waals surface area contributed by atoms with E-state index >= 15 is 0 Å². The van der Waals surface area contributed by atoms with E-state index in [2.05, 4.69) is 0 Å². The van der Waals surface area contributed by atoms with Crippen molar-refractivity contribution in [2.24, 2.45) is 0 Å². The highest BCUT2D eigenvalue weighted by Gasteiger charge is 2.54. The van der Waals surface area contributed by atoms with Crippen LogP contribution in [0.2, 0.25) is 0 Å². The SMILES string of the molecule is CCOP(=O)(OCC)C(F)(F)SSc1ccc(C)cc1. The third kappa shape index (κ3) is 4.74. The summed E-state index contributed by atoms with van der Waals surface area (Å²) in [7, 11) is -3.42. The summed E-state index contributed by atoms with van der Waals surface area (Å²) in [5.74, 6) is 0. The van der Waals surface area contributed by atoms with E-state index in [1.165, 1.54) is 13.8 Å². The van der Waals surface area contributed by atoms with Gasteiger partial charge in [0.25, 0.3) is 0 Å². The Morgan fingerprint density at radius 2 is 1.65 bits per heavy atom. The van der Waals surface area contributed by atoms with Crippen LogP contribution in [0, 0.1) is 6.92 Å². The van der Waals surface area contributed by atoms with E-state index in [0.717, 1.165) is 16.4 Å². The van der Waals surface area contributed by atoms with E-state index in [9.17, 15) is 13.3 Å². The number of hydrogen-bond donors (Lipinski definition) is 0. The number of rotatable bonds is 8. The molecule has 8 heteroatoms. The van der Waals surface area contributed by atoms with Crippen LogP contribution in [0.25, 0.3) is 0 Å². The Balaban J connectivity index is 2.76. The second-order valence-corrected chi connectivity index (χ2v) is 8.49. The van der Waals surface area contributed by atoms with Crippen LogP contribution in [0.3, 0.4) is 0 Å². The molecule has 0 radical (unpaired) electrons.